The van der Waals surface area contributed by atoms with E-state index in [2.05, 4.69) is 26.1 Å². The van der Waals surface area contributed by atoms with Gasteiger partial charge in [-0.3, -0.25) is 4.79 Å². The Morgan fingerprint density at radius 3 is 2.70 bits per heavy atom. The molecule has 114 valence electrons. The van der Waals surface area contributed by atoms with Crippen LogP contribution in [0.1, 0.15) is 51.0 Å². The summed E-state index contributed by atoms with van der Waals surface area (Å²) in [5.74, 6) is 0.355. The van der Waals surface area contributed by atoms with Crippen molar-refractivity contribution in [2.75, 3.05) is 6.54 Å². The first kappa shape index (κ1) is 17.1. The standard InChI is InChI=1S/C15H26ClN3O/c1-5-6-19-9-12(16)7-13(19)14(20)18-15(4,10-17)8-11(2)3/h7,9,11H,5-6,8,10,17H2,1-4H3,(H,18,20). The van der Waals surface area contributed by atoms with Crippen LogP contribution in [-0.4, -0.2) is 22.6 Å². The van der Waals surface area contributed by atoms with E-state index in [1.165, 1.54) is 0 Å². The Balaban J connectivity index is 2.89. The zero-order valence-corrected chi connectivity index (χ0v) is 13.6. The molecule has 1 amide bonds. The van der Waals surface area contributed by atoms with Crippen molar-refractivity contribution in [3.8, 4) is 0 Å². The lowest BCUT2D eigenvalue weighted by atomic mass is 9.90. The summed E-state index contributed by atoms with van der Waals surface area (Å²) < 4.78 is 1.89. The molecule has 1 aromatic heterocycles. The molecule has 0 aliphatic carbocycles. The Hall–Kier alpha value is -1.00. The molecule has 1 aromatic rings. The summed E-state index contributed by atoms with van der Waals surface area (Å²) in [4.78, 5) is 12.5. The van der Waals surface area contributed by atoms with Crippen molar-refractivity contribution < 1.29 is 4.79 Å². The summed E-state index contributed by atoms with van der Waals surface area (Å²) in [5.41, 5.74) is 6.04. The van der Waals surface area contributed by atoms with Gasteiger partial charge in [0.15, 0.2) is 0 Å². The van der Waals surface area contributed by atoms with Crippen LogP contribution in [0, 0.1) is 5.92 Å². The molecule has 0 aromatic carbocycles. The SMILES string of the molecule is CCCn1cc(Cl)cc1C(=O)NC(C)(CN)CC(C)C. The highest BCUT2D eigenvalue weighted by Gasteiger charge is 2.27. The zero-order chi connectivity index (χ0) is 15.3. The van der Waals surface area contributed by atoms with Crippen LogP contribution >= 0.6 is 11.6 Å². The maximum Gasteiger partial charge on any atom is 0.268 e. The molecule has 0 radical (unpaired) electrons. The summed E-state index contributed by atoms with van der Waals surface area (Å²) in [6.45, 7) is 9.49. The van der Waals surface area contributed by atoms with Crippen molar-refractivity contribution in [2.24, 2.45) is 11.7 Å². The van der Waals surface area contributed by atoms with Gasteiger partial charge in [0.1, 0.15) is 5.69 Å². The molecule has 0 aliphatic rings. The predicted molar refractivity (Wildman–Crippen MR) is 84.1 cm³/mol. The van der Waals surface area contributed by atoms with Crippen molar-refractivity contribution in [3.05, 3.63) is 23.0 Å². The second-order valence-corrected chi connectivity index (χ2v) is 6.49. The largest absolute Gasteiger partial charge is 0.344 e. The van der Waals surface area contributed by atoms with Crippen molar-refractivity contribution >= 4 is 17.5 Å². The molecule has 0 saturated carbocycles. The lowest BCUT2D eigenvalue weighted by Gasteiger charge is -2.31. The molecule has 0 aliphatic heterocycles. The first-order valence-corrected chi connectivity index (χ1v) is 7.57. The number of nitrogens with zero attached hydrogens (tertiary/aromatic N) is 1. The zero-order valence-electron chi connectivity index (χ0n) is 12.9. The third-order valence-electron chi connectivity index (χ3n) is 3.28. The topological polar surface area (TPSA) is 60.0 Å². The predicted octanol–water partition coefficient (Wildman–Crippen LogP) is 3.04. The highest BCUT2D eigenvalue weighted by Crippen LogP contribution is 2.19. The number of hydrogen-bond acceptors (Lipinski definition) is 2. The summed E-state index contributed by atoms with van der Waals surface area (Å²) in [7, 11) is 0. The van der Waals surface area contributed by atoms with Gasteiger partial charge in [-0.15, -0.1) is 0 Å². The van der Waals surface area contributed by atoms with Gasteiger partial charge in [0.25, 0.3) is 5.91 Å². The molecule has 0 spiro atoms. The monoisotopic (exact) mass is 299 g/mol. The second-order valence-electron chi connectivity index (χ2n) is 6.05. The number of amides is 1. The second kappa shape index (κ2) is 7.14. The van der Waals surface area contributed by atoms with Gasteiger partial charge >= 0.3 is 0 Å². The van der Waals surface area contributed by atoms with Crippen LogP contribution in [0.25, 0.3) is 0 Å². The van der Waals surface area contributed by atoms with Crippen LogP contribution in [0.15, 0.2) is 12.3 Å². The quantitative estimate of drug-likeness (QED) is 0.813. The van der Waals surface area contributed by atoms with Gasteiger partial charge in [-0.05, 0) is 31.7 Å². The normalized spacial score (nSPS) is 14.3. The smallest absolute Gasteiger partial charge is 0.268 e. The Morgan fingerprint density at radius 2 is 2.20 bits per heavy atom. The molecule has 4 nitrogen and oxygen atoms in total. The molecule has 5 heteroatoms. The average molecular weight is 300 g/mol. The first-order valence-electron chi connectivity index (χ1n) is 7.19. The van der Waals surface area contributed by atoms with Gasteiger partial charge in [0, 0.05) is 19.3 Å². The molecular weight excluding hydrogens is 274 g/mol. The minimum Gasteiger partial charge on any atom is -0.344 e. The van der Waals surface area contributed by atoms with Gasteiger partial charge in [0.2, 0.25) is 0 Å². The fourth-order valence-corrected chi connectivity index (χ4v) is 2.74. The molecule has 1 rings (SSSR count). The highest BCUT2D eigenvalue weighted by molar-refractivity contribution is 6.31. The minimum atomic E-state index is -0.390. The van der Waals surface area contributed by atoms with Crippen molar-refractivity contribution in [3.63, 3.8) is 0 Å². The minimum absolute atomic E-state index is 0.112. The number of nitrogens with two attached hydrogens (primary N) is 1. The molecule has 3 N–H and O–H groups in total. The van der Waals surface area contributed by atoms with Crippen LogP contribution in [0.2, 0.25) is 5.02 Å². The van der Waals surface area contributed by atoms with Gasteiger partial charge in [-0.25, -0.2) is 0 Å². The van der Waals surface area contributed by atoms with E-state index < -0.39 is 0 Å². The van der Waals surface area contributed by atoms with E-state index in [0.29, 0.717) is 23.2 Å². The fraction of sp³-hybridized carbons (Fsp3) is 0.667. The van der Waals surface area contributed by atoms with E-state index >= 15 is 0 Å². The van der Waals surface area contributed by atoms with E-state index in [0.717, 1.165) is 19.4 Å². The lowest BCUT2D eigenvalue weighted by Crippen LogP contribution is -2.52. The van der Waals surface area contributed by atoms with Crippen LogP contribution in [-0.2, 0) is 6.54 Å². The lowest BCUT2D eigenvalue weighted by molar-refractivity contribution is 0.0888. The number of rotatable bonds is 7. The Morgan fingerprint density at radius 1 is 1.55 bits per heavy atom. The van der Waals surface area contributed by atoms with E-state index in [1.54, 1.807) is 12.3 Å². The Labute approximate surface area is 126 Å². The number of nitrogens with one attached hydrogen (secondary N) is 1. The maximum absolute atomic E-state index is 12.5. The number of halogens is 1. The van der Waals surface area contributed by atoms with Crippen LogP contribution in [0.4, 0.5) is 0 Å². The number of carbonyl (C=O) groups excluding carboxylic acids is 1. The molecule has 0 fully saturated rings. The average Bonchev–Trinajstić information content (AvgIpc) is 2.70. The summed E-state index contributed by atoms with van der Waals surface area (Å²) in [6.07, 6.45) is 3.59. The summed E-state index contributed by atoms with van der Waals surface area (Å²) in [6, 6.07) is 1.71. The number of hydrogen-bond donors (Lipinski definition) is 2. The van der Waals surface area contributed by atoms with Crippen LogP contribution in [0.3, 0.4) is 0 Å². The van der Waals surface area contributed by atoms with Crippen molar-refractivity contribution in [1.29, 1.82) is 0 Å². The van der Waals surface area contributed by atoms with E-state index in [1.807, 2.05) is 11.5 Å². The summed E-state index contributed by atoms with van der Waals surface area (Å²) in [5, 5.41) is 3.64. The fourth-order valence-electron chi connectivity index (χ4n) is 2.52. The van der Waals surface area contributed by atoms with Crippen molar-refractivity contribution in [2.45, 2.75) is 52.6 Å². The number of aromatic nitrogens is 1. The van der Waals surface area contributed by atoms with E-state index in [-0.39, 0.29) is 11.4 Å². The first-order chi connectivity index (χ1) is 9.31. The Bertz CT molecular complexity index is 456. The third-order valence-corrected chi connectivity index (χ3v) is 3.49. The summed E-state index contributed by atoms with van der Waals surface area (Å²) >= 11 is 6.01. The molecule has 1 heterocycles. The van der Waals surface area contributed by atoms with Crippen molar-refractivity contribution in [1.82, 2.24) is 9.88 Å². The van der Waals surface area contributed by atoms with Gasteiger partial charge in [0.05, 0.1) is 10.6 Å². The number of aryl methyl sites for hydroxylation is 1. The highest BCUT2D eigenvalue weighted by atomic mass is 35.5. The van der Waals surface area contributed by atoms with Gasteiger partial charge in [-0.1, -0.05) is 32.4 Å². The van der Waals surface area contributed by atoms with E-state index in [4.69, 9.17) is 17.3 Å². The molecular formula is C15H26ClN3O. The molecule has 0 bridgehead atoms. The van der Waals surface area contributed by atoms with E-state index in [9.17, 15) is 4.79 Å². The molecule has 20 heavy (non-hydrogen) atoms. The number of carbonyl (C=O) groups is 1. The van der Waals surface area contributed by atoms with Gasteiger partial charge in [-0.2, -0.15) is 0 Å². The third kappa shape index (κ3) is 4.53. The Kier molecular flexibility index (Phi) is 6.08. The molecule has 1 atom stereocenters. The molecule has 0 saturated heterocycles. The van der Waals surface area contributed by atoms with Crippen LogP contribution < -0.4 is 11.1 Å². The molecule has 1 unspecified atom stereocenters. The van der Waals surface area contributed by atoms with Crippen LogP contribution in [0.5, 0.6) is 0 Å². The maximum atomic E-state index is 12.5. The van der Waals surface area contributed by atoms with Gasteiger partial charge < -0.3 is 15.6 Å².